The molecule has 1 amide bonds. The molecule has 0 unspecified atom stereocenters. The Morgan fingerprint density at radius 2 is 1.84 bits per heavy atom. The van der Waals surface area contributed by atoms with Gasteiger partial charge in [-0.15, -0.1) is 11.3 Å². The number of hydrogen-bond acceptors (Lipinski definition) is 6. The Morgan fingerprint density at radius 1 is 0.973 bits per heavy atom. The number of halogens is 1. The minimum atomic E-state index is -0.405. The summed E-state index contributed by atoms with van der Waals surface area (Å²) in [5.74, 6) is 0.518. The average Bonchev–Trinajstić information content (AvgIpc) is 3.64. The van der Waals surface area contributed by atoms with Crippen LogP contribution in [0.4, 0.5) is 15.8 Å². The second-order valence-corrected chi connectivity index (χ2v) is 10.7. The van der Waals surface area contributed by atoms with Crippen LogP contribution in [0.3, 0.4) is 0 Å². The Hall–Kier alpha value is -3.88. The van der Waals surface area contributed by atoms with E-state index in [1.165, 1.54) is 6.07 Å². The van der Waals surface area contributed by atoms with E-state index in [9.17, 15) is 4.79 Å². The van der Waals surface area contributed by atoms with E-state index in [0.717, 1.165) is 64.2 Å². The number of amides is 1. The highest BCUT2D eigenvalue weighted by molar-refractivity contribution is 7.16. The molecule has 37 heavy (non-hydrogen) atoms. The van der Waals surface area contributed by atoms with Gasteiger partial charge >= 0.3 is 0 Å². The molecule has 0 bridgehead atoms. The van der Waals surface area contributed by atoms with Gasteiger partial charge in [-0.3, -0.25) is 9.78 Å². The molecule has 6 nitrogen and oxygen atoms in total. The number of anilines is 2. The third-order valence-electron chi connectivity index (χ3n) is 7.56. The number of fused-ring (bicyclic) bond motifs is 3. The first-order valence-corrected chi connectivity index (χ1v) is 13.3. The lowest BCUT2D eigenvalue weighted by Crippen LogP contribution is -2.31. The minimum absolute atomic E-state index is 0.0911. The molecule has 0 saturated carbocycles. The summed E-state index contributed by atoms with van der Waals surface area (Å²) in [5, 5.41) is 7.78. The van der Waals surface area contributed by atoms with E-state index in [0.29, 0.717) is 23.0 Å². The van der Waals surface area contributed by atoms with E-state index in [4.69, 9.17) is 0 Å². The van der Waals surface area contributed by atoms with Gasteiger partial charge in [-0.05, 0) is 59.9 Å². The molecule has 4 heterocycles. The van der Waals surface area contributed by atoms with Gasteiger partial charge in [0.05, 0.1) is 21.2 Å². The molecule has 0 spiro atoms. The average molecular weight is 510 g/mol. The number of nitrogens with zero attached hydrogens (tertiary/aromatic N) is 3. The van der Waals surface area contributed by atoms with Gasteiger partial charge in [0, 0.05) is 60.3 Å². The molecule has 0 radical (unpaired) electrons. The maximum absolute atomic E-state index is 15.3. The number of pyridine rings is 1. The number of likely N-dealkylation sites (tertiary alicyclic amines) is 1. The highest BCUT2D eigenvalue weighted by atomic mass is 32.1. The third-order valence-corrected chi connectivity index (χ3v) is 8.37. The number of nitrogens with one attached hydrogen (secondary N) is 2. The lowest BCUT2D eigenvalue weighted by Gasteiger charge is -2.18. The Balaban J connectivity index is 1.15. The number of carbonyl (C=O) groups is 1. The Morgan fingerprint density at radius 3 is 2.68 bits per heavy atom. The van der Waals surface area contributed by atoms with Crippen LogP contribution in [0.5, 0.6) is 0 Å². The summed E-state index contributed by atoms with van der Waals surface area (Å²) in [7, 11) is 0. The van der Waals surface area contributed by atoms with Crippen molar-refractivity contribution >= 4 is 49.7 Å². The number of rotatable bonds is 4. The van der Waals surface area contributed by atoms with Crippen molar-refractivity contribution in [2.75, 3.05) is 31.5 Å². The second-order valence-electron chi connectivity index (χ2n) is 9.83. The predicted octanol–water partition coefficient (Wildman–Crippen LogP) is 5.69. The summed E-state index contributed by atoms with van der Waals surface area (Å²) in [5.41, 5.74) is 6.99. The van der Waals surface area contributed by atoms with Crippen molar-refractivity contribution in [2.45, 2.75) is 0 Å². The molecule has 8 heteroatoms. The highest BCUT2D eigenvalue weighted by Crippen LogP contribution is 2.33. The Labute approximate surface area is 217 Å². The molecule has 2 aromatic heterocycles. The van der Waals surface area contributed by atoms with Crippen LogP contribution in [-0.2, 0) is 0 Å². The fourth-order valence-electron chi connectivity index (χ4n) is 5.60. The molecule has 2 aliphatic heterocycles. The topological polar surface area (TPSA) is 70.2 Å². The monoisotopic (exact) mass is 509 g/mol. The maximum atomic E-state index is 15.3. The summed E-state index contributed by atoms with van der Waals surface area (Å²) in [6, 6.07) is 18.6. The van der Waals surface area contributed by atoms with Gasteiger partial charge in [0.15, 0.2) is 0 Å². The summed E-state index contributed by atoms with van der Waals surface area (Å²) in [6.07, 6.45) is 1.74. The lowest BCUT2D eigenvalue weighted by molar-refractivity contribution is 0.0781. The fraction of sp³-hybridized carbons (Fsp3) is 0.207. The molecule has 2 N–H and O–H groups in total. The molecule has 2 saturated heterocycles. The van der Waals surface area contributed by atoms with Crippen molar-refractivity contribution in [2.24, 2.45) is 11.8 Å². The first-order chi connectivity index (χ1) is 18.1. The van der Waals surface area contributed by atoms with Crippen molar-refractivity contribution in [1.82, 2.24) is 20.2 Å². The number of hydrogen-bond donors (Lipinski definition) is 2. The highest BCUT2D eigenvalue weighted by Gasteiger charge is 2.38. The Bertz CT molecular complexity index is 1660. The van der Waals surface area contributed by atoms with E-state index in [-0.39, 0.29) is 5.91 Å². The smallest absolute Gasteiger partial charge is 0.253 e. The van der Waals surface area contributed by atoms with Crippen LogP contribution < -0.4 is 10.6 Å². The van der Waals surface area contributed by atoms with Crippen LogP contribution in [0.1, 0.15) is 10.4 Å². The maximum Gasteiger partial charge on any atom is 0.253 e. The van der Waals surface area contributed by atoms with E-state index in [1.54, 1.807) is 29.7 Å². The molecule has 5 aromatic rings. The largest absolute Gasteiger partial charge is 0.355 e. The van der Waals surface area contributed by atoms with Crippen molar-refractivity contribution in [3.63, 3.8) is 0 Å². The lowest BCUT2D eigenvalue weighted by atomic mass is 10.0. The Kier molecular flexibility index (Phi) is 5.37. The zero-order valence-corrected chi connectivity index (χ0v) is 20.8. The zero-order chi connectivity index (χ0) is 24.9. The molecule has 7 rings (SSSR count). The quantitative estimate of drug-likeness (QED) is 0.326. The van der Waals surface area contributed by atoms with Crippen molar-refractivity contribution in [3.05, 3.63) is 83.8 Å². The van der Waals surface area contributed by atoms with Crippen molar-refractivity contribution < 1.29 is 9.18 Å². The van der Waals surface area contributed by atoms with Gasteiger partial charge in [0.2, 0.25) is 0 Å². The van der Waals surface area contributed by atoms with E-state index < -0.39 is 5.82 Å². The summed E-state index contributed by atoms with van der Waals surface area (Å²) < 4.78 is 16.4. The van der Waals surface area contributed by atoms with E-state index in [2.05, 4.69) is 26.7 Å². The van der Waals surface area contributed by atoms with E-state index in [1.807, 2.05) is 46.8 Å². The summed E-state index contributed by atoms with van der Waals surface area (Å²) in [6.45, 7) is 3.39. The van der Waals surface area contributed by atoms with Gasteiger partial charge in [0.25, 0.3) is 5.91 Å². The number of carbonyl (C=O) groups excluding carboxylic acids is 1. The predicted molar refractivity (Wildman–Crippen MR) is 146 cm³/mol. The van der Waals surface area contributed by atoms with Gasteiger partial charge < -0.3 is 15.5 Å². The number of benzene rings is 3. The van der Waals surface area contributed by atoms with Crippen LogP contribution in [0.25, 0.3) is 32.2 Å². The number of thiazole rings is 1. The van der Waals surface area contributed by atoms with Gasteiger partial charge in [-0.25, -0.2) is 9.37 Å². The molecule has 184 valence electrons. The van der Waals surface area contributed by atoms with Crippen molar-refractivity contribution in [1.29, 1.82) is 0 Å². The van der Waals surface area contributed by atoms with Crippen LogP contribution in [0.2, 0.25) is 0 Å². The molecule has 3 aromatic carbocycles. The van der Waals surface area contributed by atoms with Gasteiger partial charge in [-0.1, -0.05) is 18.2 Å². The van der Waals surface area contributed by atoms with Gasteiger partial charge in [0.1, 0.15) is 5.82 Å². The normalized spacial score (nSPS) is 19.0. The van der Waals surface area contributed by atoms with Crippen molar-refractivity contribution in [3.8, 4) is 11.1 Å². The first-order valence-electron chi connectivity index (χ1n) is 12.4. The second kappa shape index (κ2) is 8.90. The standard InChI is InChI=1S/C29H24FN5OS/c30-24-9-18(29(36)35-14-19-12-31-13-20(19)15-35)2-4-22(24)17-1-5-23-25(7-8-32-26(23)10-17)34-21-3-6-28-27(11-21)33-16-37-28/h1-11,16,19-20,31H,12-15H2,(H,32,34)/t19-,20+. The van der Waals surface area contributed by atoms with E-state index >= 15 is 4.39 Å². The molecule has 2 atom stereocenters. The molecular weight excluding hydrogens is 485 g/mol. The first kappa shape index (κ1) is 22.3. The number of aromatic nitrogens is 2. The molecule has 0 aliphatic carbocycles. The molecular formula is C29H24FN5OS. The van der Waals surface area contributed by atoms with Crippen LogP contribution in [-0.4, -0.2) is 47.0 Å². The SMILES string of the molecule is O=C(c1ccc(-c2ccc3c(Nc4ccc5scnc5c4)ccnc3c2)c(F)c1)N1C[C@H]2CNC[C@H]2C1. The molecule has 2 fully saturated rings. The fourth-order valence-corrected chi connectivity index (χ4v) is 6.26. The third kappa shape index (κ3) is 4.02. The molecule has 2 aliphatic rings. The van der Waals surface area contributed by atoms with Crippen LogP contribution in [0, 0.1) is 17.7 Å². The summed E-state index contributed by atoms with van der Waals surface area (Å²) in [4.78, 5) is 23.8. The van der Waals surface area contributed by atoms with Crippen LogP contribution in [0.15, 0.2) is 72.4 Å². The summed E-state index contributed by atoms with van der Waals surface area (Å²) >= 11 is 1.61. The van der Waals surface area contributed by atoms with Gasteiger partial charge in [-0.2, -0.15) is 0 Å². The zero-order valence-electron chi connectivity index (χ0n) is 19.9. The van der Waals surface area contributed by atoms with Crippen LogP contribution >= 0.6 is 11.3 Å². The minimum Gasteiger partial charge on any atom is -0.355 e.